The highest BCUT2D eigenvalue weighted by Gasteiger charge is 2.69. The Balaban J connectivity index is 1.84. The van der Waals surface area contributed by atoms with Crippen molar-refractivity contribution in [3.8, 4) is 0 Å². The molecule has 7 heteroatoms. The van der Waals surface area contributed by atoms with Gasteiger partial charge in [-0.05, 0) is 31.4 Å². The summed E-state index contributed by atoms with van der Waals surface area (Å²) in [5, 5.41) is 2.67. The predicted octanol–water partition coefficient (Wildman–Crippen LogP) is 3.47. The number of esters is 1. The van der Waals surface area contributed by atoms with Gasteiger partial charge in [0.15, 0.2) is 6.61 Å². The van der Waals surface area contributed by atoms with Gasteiger partial charge >= 0.3 is 5.97 Å². The van der Waals surface area contributed by atoms with E-state index in [1.807, 2.05) is 24.5 Å². The Bertz CT molecular complexity index is 579. The van der Waals surface area contributed by atoms with E-state index in [1.54, 1.807) is 24.8 Å². The average molecular weight is 348 g/mol. The highest BCUT2D eigenvalue weighted by Crippen LogP contribution is 2.64. The Morgan fingerprint density at radius 2 is 2.10 bits per heavy atom. The highest BCUT2D eigenvalue weighted by molar-refractivity contribution is 7.98. The van der Waals surface area contributed by atoms with Gasteiger partial charge in [-0.25, -0.2) is 0 Å². The van der Waals surface area contributed by atoms with Crippen LogP contribution in [0.2, 0.25) is 0 Å². The van der Waals surface area contributed by atoms with Crippen LogP contribution in [0, 0.1) is 5.41 Å². The molecule has 1 aliphatic carbocycles. The van der Waals surface area contributed by atoms with Gasteiger partial charge in [0.25, 0.3) is 5.91 Å². The lowest BCUT2D eigenvalue weighted by molar-refractivity contribution is -0.152. The summed E-state index contributed by atoms with van der Waals surface area (Å²) in [6.45, 7) is 1.26. The molecule has 0 bridgehead atoms. The van der Waals surface area contributed by atoms with Crippen molar-refractivity contribution in [1.82, 2.24) is 0 Å². The second kappa shape index (κ2) is 6.07. The Morgan fingerprint density at radius 3 is 2.67 bits per heavy atom. The molecule has 0 aliphatic heterocycles. The summed E-state index contributed by atoms with van der Waals surface area (Å²) in [6, 6.07) is 7.39. The summed E-state index contributed by atoms with van der Waals surface area (Å²) in [6.07, 6.45) is 2.28. The first kappa shape index (κ1) is 16.5. The van der Waals surface area contributed by atoms with Crippen LogP contribution in [0.4, 0.5) is 5.69 Å². The quantitative estimate of drug-likeness (QED) is 0.503. The number of benzene rings is 1. The lowest BCUT2D eigenvalue weighted by Crippen LogP contribution is -2.26. The first-order chi connectivity index (χ1) is 9.78. The molecule has 0 aromatic heterocycles. The number of carbonyl (C=O) groups is 2. The van der Waals surface area contributed by atoms with Gasteiger partial charge in [-0.1, -0.05) is 6.07 Å². The largest absolute Gasteiger partial charge is 0.455 e. The summed E-state index contributed by atoms with van der Waals surface area (Å²) in [5.41, 5.74) is -0.264. The van der Waals surface area contributed by atoms with Crippen molar-refractivity contribution < 1.29 is 14.3 Å². The number of thioether (sulfide) groups is 1. The van der Waals surface area contributed by atoms with Gasteiger partial charge < -0.3 is 10.1 Å². The predicted molar refractivity (Wildman–Crippen MR) is 85.0 cm³/mol. The molecule has 1 atom stereocenters. The number of ether oxygens (including phenoxy) is 1. The molecule has 1 saturated carbocycles. The number of alkyl halides is 2. The molecule has 0 saturated heterocycles. The number of nitrogens with one attached hydrogen (secondary N) is 1. The molecule has 1 aliphatic rings. The van der Waals surface area contributed by atoms with Crippen LogP contribution in [0.15, 0.2) is 29.2 Å². The second-order valence-electron chi connectivity index (χ2n) is 5.07. The van der Waals surface area contributed by atoms with E-state index in [0.717, 1.165) is 4.90 Å². The smallest absolute Gasteiger partial charge is 0.315 e. The van der Waals surface area contributed by atoms with Gasteiger partial charge in [-0.3, -0.25) is 9.59 Å². The third-order valence-corrected chi connectivity index (χ3v) is 5.22. The third kappa shape index (κ3) is 3.65. The summed E-state index contributed by atoms with van der Waals surface area (Å²) >= 11 is 13.3. The topological polar surface area (TPSA) is 55.4 Å². The molecule has 0 radical (unpaired) electrons. The van der Waals surface area contributed by atoms with Gasteiger partial charge in [0.1, 0.15) is 9.75 Å². The molecule has 1 N–H and O–H groups in total. The highest BCUT2D eigenvalue weighted by atomic mass is 35.5. The third-order valence-electron chi connectivity index (χ3n) is 3.40. The maximum atomic E-state index is 11.8. The lowest BCUT2D eigenvalue weighted by Gasteiger charge is -2.12. The molecule has 2 rings (SSSR count). The summed E-state index contributed by atoms with van der Waals surface area (Å²) in [4.78, 5) is 24.6. The van der Waals surface area contributed by atoms with Gasteiger partial charge in [-0.15, -0.1) is 35.0 Å². The summed E-state index contributed by atoms with van der Waals surface area (Å²) in [7, 11) is 0. The molecule has 114 valence electrons. The fourth-order valence-corrected chi connectivity index (χ4v) is 2.96. The Kier molecular flexibility index (Phi) is 4.76. The van der Waals surface area contributed by atoms with Crippen LogP contribution in [-0.2, 0) is 14.3 Å². The van der Waals surface area contributed by atoms with E-state index in [0.29, 0.717) is 12.1 Å². The second-order valence-corrected chi connectivity index (χ2v) is 7.43. The van der Waals surface area contributed by atoms with Crippen molar-refractivity contribution in [2.45, 2.75) is 22.6 Å². The standard InChI is InChI=1S/C14H15Cl2NO3S/c1-13(8-14(13,15)16)12(19)20-7-11(18)17-9-4-3-5-10(6-9)21-2/h3-6H,7-8H2,1-2H3,(H,17,18). The fourth-order valence-electron chi connectivity index (χ4n) is 1.81. The molecule has 1 aromatic rings. The number of rotatable bonds is 5. The van der Waals surface area contributed by atoms with E-state index < -0.39 is 21.6 Å². The van der Waals surface area contributed by atoms with Crippen LogP contribution >= 0.6 is 35.0 Å². The van der Waals surface area contributed by atoms with Crippen molar-refractivity contribution >= 4 is 52.5 Å². The molecule has 1 unspecified atom stereocenters. The molecule has 0 heterocycles. The summed E-state index contributed by atoms with van der Waals surface area (Å²) < 4.78 is 3.88. The van der Waals surface area contributed by atoms with Crippen LogP contribution in [0.3, 0.4) is 0 Å². The van der Waals surface area contributed by atoms with Gasteiger partial charge in [0.2, 0.25) is 0 Å². The van der Waals surface area contributed by atoms with Crippen molar-refractivity contribution in [2.24, 2.45) is 5.41 Å². The van der Waals surface area contributed by atoms with E-state index >= 15 is 0 Å². The molecule has 1 aromatic carbocycles. The number of carbonyl (C=O) groups excluding carboxylic acids is 2. The van der Waals surface area contributed by atoms with Crippen LogP contribution < -0.4 is 5.32 Å². The molecular formula is C14H15Cl2NO3S. The molecular weight excluding hydrogens is 333 g/mol. The molecule has 1 amide bonds. The maximum absolute atomic E-state index is 11.8. The molecule has 1 fully saturated rings. The SMILES string of the molecule is CSc1cccc(NC(=O)COC(=O)C2(C)CC2(Cl)Cl)c1. The van der Waals surface area contributed by atoms with E-state index in [2.05, 4.69) is 5.32 Å². The number of halogens is 2. The van der Waals surface area contributed by atoms with Crippen molar-refractivity contribution in [2.75, 3.05) is 18.2 Å². The monoisotopic (exact) mass is 347 g/mol. The van der Waals surface area contributed by atoms with Crippen molar-refractivity contribution in [3.05, 3.63) is 24.3 Å². The zero-order chi connectivity index (χ0) is 15.7. The van der Waals surface area contributed by atoms with Gasteiger partial charge in [0.05, 0.1) is 0 Å². The molecule has 4 nitrogen and oxygen atoms in total. The van der Waals surface area contributed by atoms with Crippen LogP contribution in [0.25, 0.3) is 0 Å². The zero-order valence-electron chi connectivity index (χ0n) is 11.6. The zero-order valence-corrected chi connectivity index (χ0v) is 13.9. The molecule has 21 heavy (non-hydrogen) atoms. The summed E-state index contributed by atoms with van der Waals surface area (Å²) in [5.74, 6) is -0.957. The van der Waals surface area contributed by atoms with E-state index in [4.69, 9.17) is 27.9 Å². The van der Waals surface area contributed by atoms with E-state index in [9.17, 15) is 9.59 Å². The minimum Gasteiger partial charge on any atom is -0.455 e. The number of anilines is 1. The minimum atomic E-state index is -1.09. The Hall–Kier alpha value is -0.910. The first-order valence-electron chi connectivity index (χ1n) is 6.27. The van der Waals surface area contributed by atoms with Crippen LogP contribution in [-0.4, -0.2) is 29.1 Å². The average Bonchev–Trinajstić information content (AvgIpc) is 2.96. The Morgan fingerprint density at radius 1 is 1.43 bits per heavy atom. The maximum Gasteiger partial charge on any atom is 0.315 e. The van der Waals surface area contributed by atoms with E-state index in [1.165, 1.54) is 0 Å². The number of hydrogen-bond donors (Lipinski definition) is 1. The fraction of sp³-hybridized carbons (Fsp3) is 0.429. The van der Waals surface area contributed by atoms with Crippen LogP contribution in [0.5, 0.6) is 0 Å². The lowest BCUT2D eigenvalue weighted by atomic mass is 10.1. The Labute approximate surface area is 137 Å². The van der Waals surface area contributed by atoms with Gasteiger partial charge in [-0.2, -0.15) is 0 Å². The van der Waals surface area contributed by atoms with E-state index in [-0.39, 0.29) is 6.61 Å². The molecule has 0 spiro atoms. The first-order valence-corrected chi connectivity index (χ1v) is 8.25. The van der Waals surface area contributed by atoms with Crippen molar-refractivity contribution in [1.29, 1.82) is 0 Å². The minimum absolute atomic E-state index is 0.333. The number of amides is 1. The number of hydrogen-bond acceptors (Lipinski definition) is 4. The van der Waals surface area contributed by atoms with Crippen molar-refractivity contribution in [3.63, 3.8) is 0 Å². The van der Waals surface area contributed by atoms with Gasteiger partial charge in [0, 0.05) is 17.0 Å². The van der Waals surface area contributed by atoms with Crippen LogP contribution in [0.1, 0.15) is 13.3 Å². The normalized spacial score (nSPS) is 22.5.